The molecule has 2 saturated carbocycles. The van der Waals surface area contributed by atoms with Crippen LogP contribution < -0.4 is 20.1 Å². The number of aromatic nitrogens is 1. The van der Waals surface area contributed by atoms with Crippen molar-refractivity contribution in [2.45, 2.75) is 128 Å². The third kappa shape index (κ3) is 9.01. The summed E-state index contributed by atoms with van der Waals surface area (Å²) in [6.45, 7) is 11.9. The molecule has 16 heteroatoms. The third-order valence-corrected chi connectivity index (χ3v) is 14.1. The van der Waals surface area contributed by atoms with E-state index < -0.39 is 84.6 Å². The van der Waals surface area contributed by atoms with E-state index in [-0.39, 0.29) is 44.2 Å². The Hall–Kier alpha value is -4.60. The molecule has 2 unspecified atom stereocenters. The number of sulfonamides is 1. The van der Waals surface area contributed by atoms with Crippen LogP contribution in [0.25, 0.3) is 11.1 Å². The number of amides is 4. The monoisotopic (exact) mass is 827 g/mol. The lowest BCUT2D eigenvalue weighted by molar-refractivity contribution is -0.143. The van der Waals surface area contributed by atoms with E-state index >= 15 is 8.78 Å². The van der Waals surface area contributed by atoms with E-state index in [1.54, 1.807) is 52.0 Å². The van der Waals surface area contributed by atoms with Crippen LogP contribution in [-0.2, 0) is 35.1 Å². The molecule has 5 atom stereocenters. The van der Waals surface area contributed by atoms with Crippen molar-refractivity contribution < 1.29 is 45.9 Å². The van der Waals surface area contributed by atoms with E-state index in [9.17, 15) is 27.6 Å². The van der Waals surface area contributed by atoms with E-state index in [0.29, 0.717) is 36.8 Å². The summed E-state index contributed by atoms with van der Waals surface area (Å²) in [5, 5.41) is 5.49. The Bertz CT molecular complexity index is 2070. The quantitative estimate of drug-likeness (QED) is 0.284. The number of ether oxygens (including phenoxy) is 2. The molecule has 3 N–H and O–H groups in total. The number of benzene rings is 1. The summed E-state index contributed by atoms with van der Waals surface area (Å²) in [6.07, 6.45) is 3.56. The van der Waals surface area contributed by atoms with Gasteiger partial charge >= 0.3 is 6.09 Å². The van der Waals surface area contributed by atoms with Gasteiger partial charge in [0.15, 0.2) is 0 Å². The van der Waals surface area contributed by atoms with E-state index in [2.05, 4.69) is 20.3 Å². The minimum atomic E-state index is -4.03. The van der Waals surface area contributed by atoms with Crippen LogP contribution in [-0.4, -0.2) is 83.7 Å². The Balaban J connectivity index is 1.38. The highest BCUT2D eigenvalue weighted by molar-refractivity contribution is 7.91. The average Bonchev–Trinajstić information content (AvgIpc) is 4.04. The third-order valence-electron chi connectivity index (χ3n) is 11.9. The van der Waals surface area contributed by atoms with Gasteiger partial charge in [-0.25, -0.2) is 18.2 Å². The number of cyclic esters (lactones) is 1. The molecule has 0 radical (unpaired) electrons. The summed E-state index contributed by atoms with van der Waals surface area (Å²) >= 11 is 0. The average molecular weight is 828 g/mol. The Morgan fingerprint density at radius 2 is 1.74 bits per heavy atom. The van der Waals surface area contributed by atoms with Gasteiger partial charge in [-0.2, -0.15) is 8.78 Å². The van der Waals surface area contributed by atoms with Gasteiger partial charge in [-0.1, -0.05) is 84.4 Å². The van der Waals surface area contributed by atoms with Gasteiger partial charge in [-0.15, -0.1) is 0 Å². The van der Waals surface area contributed by atoms with Crippen LogP contribution in [0.15, 0.2) is 54.7 Å². The van der Waals surface area contributed by atoms with Gasteiger partial charge < -0.3 is 25.0 Å². The van der Waals surface area contributed by atoms with Gasteiger partial charge in [-0.05, 0) is 73.5 Å². The number of allylic oxidation sites excluding steroid dienone is 2. The molecule has 6 rings (SSSR count). The van der Waals surface area contributed by atoms with Crippen LogP contribution in [0.5, 0.6) is 5.88 Å². The molecule has 13 nitrogen and oxygen atoms in total. The fourth-order valence-electron chi connectivity index (χ4n) is 7.60. The van der Waals surface area contributed by atoms with Crippen LogP contribution >= 0.6 is 0 Å². The molecule has 2 aliphatic carbocycles. The standard InChI is InChI=1S/C42H55F2N5O8S/c1-8-28-22-41(28,36(52)48-58(54,55)40(7)18-19-40)47-33(50)31-21-29-24-49(31)35(51)32(38(2,3)4)46-37(53)56-25-39(5,6)16-12-13-17-42(43,44)30-20-27(23-45-34(30)57-29)26-14-10-9-11-15-26/h9-11,13-15,17,20,23,28-29,31-32H,8,12,16,18-19,21-22,24-25H2,1-7H3,(H,46,53)(H,47,50)(H,48,52)/b17-13+/t28-,29?,31+,32-,41?/m1/s1. The first-order valence-corrected chi connectivity index (χ1v) is 21.4. The second-order valence-corrected chi connectivity index (χ2v) is 20.5. The summed E-state index contributed by atoms with van der Waals surface area (Å²) in [4.78, 5) is 61.6. The van der Waals surface area contributed by atoms with Crippen molar-refractivity contribution in [1.82, 2.24) is 25.2 Å². The number of nitrogens with zero attached hydrogens (tertiary/aromatic N) is 2. The molecule has 2 bridgehead atoms. The topological polar surface area (TPSA) is 173 Å². The Kier molecular flexibility index (Phi) is 11.5. The predicted octanol–water partition coefficient (Wildman–Crippen LogP) is 5.99. The van der Waals surface area contributed by atoms with Crippen LogP contribution in [0, 0.1) is 16.7 Å². The lowest BCUT2D eigenvalue weighted by Gasteiger charge is -2.35. The van der Waals surface area contributed by atoms with Gasteiger partial charge in [0.25, 0.3) is 11.8 Å². The maximum absolute atomic E-state index is 16.3. The van der Waals surface area contributed by atoms with Crippen molar-refractivity contribution in [1.29, 1.82) is 0 Å². The Morgan fingerprint density at radius 1 is 1.05 bits per heavy atom. The van der Waals surface area contributed by atoms with Gasteiger partial charge in [0.05, 0.1) is 23.5 Å². The summed E-state index contributed by atoms with van der Waals surface area (Å²) in [5.41, 5.74) is -2.50. The minimum absolute atomic E-state index is 0.0659. The maximum Gasteiger partial charge on any atom is 0.407 e. The number of fused-ring (bicyclic) bond motifs is 3. The molecule has 2 aliphatic heterocycles. The number of carbonyl (C=O) groups is 4. The van der Waals surface area contributed by atoms with Crippen molar-refractivity contribution in [3.63, 3.8) is 0 Å². The highest BCUT2D eigenvalue weighted by Crippen LogP contribution is 2.48. The molecular weight excluding hydrogens is 773 g/mol. The molecule has 1 aromatic heterocycles. The first-order valence-electron chi connectivity index (χ1n) is 19.9. The number of halogens is 2. The lowest BCUT2D eigenvalue weighted by Crippen LogP contribution is -2.60. The number of alkyl carbamates (subject to hydrolysis) is 1. The van der Waals surface area contributed by atoms with Gasteiger partial charge in [0.1, 0.15) is 23.7 Å². The van der Waals surface area contributed by atoms with Crippen molar-refractivity contribution in [2.24, 2.45) is 16.7 Å². The van der Waals surface area contributed by atoms with Crippen LogP contribution in [0.2, 0.25) is 0 Å². The number of rotatable bonds is 7. The molecule has 1 saturated heterocycles. The number of nitrogens with one attached hydrogen (secondary N) is 3. The second kappa shape index (κ2) is 15.5. The van der Waals surface area contributed by atoms with Crippen LogP contribution in [0.3, 0.4) is 0 Å². The molecule has 4 amide bonds. The molecule has 0 spiro atoms. The molecule has 316 valence electrons. The van der Waals surface area contributed by atoms with Gasteiger partial charge in [0.2, 0.25) is 27.7 Å². The first kappa shape index (κ1) is 43.0. The highest BCUT2D eigenvalue weighted by Gasteiger charge is 2.63. The first-order chi connectivity index (χ1) is 27.0. The SMILES string of the molecule is CC[C@@H]1CC1(NC(=O)[C@@H]1CC2CN1C(=O)[C@H](C(C)(C)C)NC(=O)OCC(C)(C)CC/C=C/C(F)(F)c1cc(-c3ccccc3)cnc1O2)C(=O)NS(=O)(=O)C1(C)CC1. The molecular formula is C42H55F2N5O8S. The van der Waals surface area contributed by atoms with Crippen molar-refractivity contribution in [2.75, 3.05) is 13.2 Å². The molecule has 4 aliphatic rings. The van der Waals surface area contributed by atoms with Crippen molar-refractivity contribution in [3.05, 3.63) is 60.3 Å². The predicted molar refractivity (Wildman–Crippen MR) is 212 cm³/mol. The zero-order chi connectivity index (χ0) is 42.5. The maximum atomic E-state index is 16.3. The highest BCUT2D eigenvalue weighted by atomic mass is 32.2. The van der Waals surface area contributed by atoms with E-state index in [1.807, 2.05) is 26.8 Å². The van der Waals surface area contributed by atoms with Gasteiger partial charge in [-0.3, -0.25) is 19.1 Å². The summed E-state index contributed by atoms with van der Waals surface area (Å²) in [7, 11) is -4.03. The van der Waals surface area contributed by atoms with Crippen LogP contribution in [0.1, 0.15) is 99.0 Å². The number of alkyl halides is 2. The smallest absolute Gasteiger partial charge is 0.407 e. The zero-order valence-corrected chi connectivity index (χ0v) is 35.0. The molecule has 1 aromatic carbocycles. The van der Waals surface area contributed by atoms with E-state index in [0.717, 1.165) is 6.08 Å². The number of carbonyl (C=O) groups excluding carboxylic acids is 4. The summed E-state index contributed by atoms with van der Waals surface area (Å²) < 4.78 is 71.7. The Labute approximate surface area is 339 Å². The molecule has 3 fully saturated rings. The largest absolute Gasteiger partial charge is 0.472 e. The fraction of sp³-hybridized carbons (Fsp3) is 0.595. The van der Waals surface area contributed by atoms with Gasteiger partial charge in [0, 0.05) is 18.2 Å². The van der Waals surface area contributed by atoms with E-state index in [1.165, 1.54) is 23.2 Å². The second-order valence-electron chi connectivity index (χ2n) is 18.3. The summed E-state index contributed by atoms with van der Waals surface area (Å²) in [6, 6.07) is 7.72. The zero-order valence-electron chi connectivity index (χ0n) is 34.2. The number of pyridine rings is 1. The molecule has 2 aromatic rings. The normalized spacial score (nSPS) is 28.6. The number of hydrogen-bond acceptors (Lipinski definition) is 9. The fourth-order valence-corrected chi connectivity index (χ4v) is 8.92. The number of hydrogen-bond donors (Lipinski definition) is 3. The van der Waals surface area contributed by atoms with Crippen LogP contribution in [0.4, 0.5) is 13.6 Å². The molecule has 58 heavy (non-hydrogen) atoms. The Morgan fingerprint density at radius 3 is 2.36 bits per heavy atom. The minimum Gasteiger partial charge on any atom is -0.472 e. The van der Waals surface area contributed by atoms with Crippen molar-refractivity contribution in [3.8, 4) is 17.0 Å². The van der Waals surface area contributed by atoms with Crippen molar-refractivity contribution >= 4 is 33.8 Å². The molecule has 3 heterocycles. The summed E-state index contributed by atoms with van der Waals surface area (Å²) in [5.74, 6) is -6.60. The van der Waals surface area contributed by atoms with E-state index in [4.69, 9.17) is 9.47 Å². The lowest BCUT2D eigenvalue weighted by atomic mass is 9.85.